The standard InChI is InChI=1S/C18H19Cl2N3O/c1-3-11(10-24)17-15(4-2)22-23-16(7-8-21-18(17)23)13-6-5-12(19)9-14(13)20/h5-9,11,24H,3-4,10H2,1-2H3. The van der Waals surface area contributed by atoms with E-state index in [0.717, 1.165) is 41.0 Å². The Hall–Kier alpha value is -1.62. The normalized spacial score (nSPS) is 12.7. The first-order valence-corrected chi connectivity index (χ1v) is 8.79. The van der Waals surface area contributed by atoms with Crippen LogP contribution in [0.15, 0.2) is 30.5 Å². The van der Waals surface area contributed by atoms with E-state index in [1.54, 1.807) is 12.3 Å². The van der Waals surface area contributed by atoms with Crippen LogP contribution in [0, 0.1) is 0 Å². The molecule has 1 N–H and O–H groups in total. The number of aryl methyl sites for hydroxylation is 1. The molecule has 2 aromatic heterocycles. The Labute approximate surface area is 151 Å². The number of halogens is 2. The van der Waals surface area contributed by atoms with Crippen LogP contribution in [-0.2, 0) is 6.42 Å². The van der Waals surface area contributed by atoms with E-state index in [0.29, 0.717) is 10.0 Å². The Morgan fingerprint density at radius 1 is 1.21 bits per heavy atom. The lowest BCUT2D eigenvalue weighted by Gasteiger charge is -2.12. The molecule has 24 heavy (non-hydrogen) atoms. The quantitative estimate of drug-likeness (QED) is 0.711. The highest BCUT2D eigenvalue weighted by Gasteiger charge is 2.22. The maximum Gasteiger partial charge on any atom is 0.159 e. The third kappa shape index (κ3) is 2.90. The molecule has 1 atom stereocenters. The molecule has 6 heteroatoms. The Morgan fingerprint density at radius 3 is 2.62 bits per heavy atom. The van der Waals surface area contributed by atoms with E-state index in [4.69, 9.17) is 28.3 Å². The van der Waals surface area contributed by atoms with Crippen LogP contribution >= 0.6 is 23.2 Å². The molecule has 0 saturated heterocycles. The summed E-state index contributed by atoms with van der Waals surface area (Å²) in [6, 6.07) is 7.30. The van der Waals surface area contributed by atoms with Crippen LogP contribution in [0.3, 0.4) is 0 Å². The number of aliphatic hydroxyl groups excluding tert-OH is 1. The summed E-state index contributed by atoms with van der Waals surface area (Å²) in [5, 5.41) is 15.6. The van der Waals surface area contributed by atoms with Crippen LogP contribution in [-0.4, -0.2) is 26.3 Å². The highest BCUT2D eigenvalue weighted by molar-refractivity contribution is 6.36. The predicted octanol–water partition coefficient (Wildman–Crippen LogP) is 4.75. The average molecular weight is 364 g/mol. The van der Waals surface area contributed by atoms with Crippen molar-refractivity contribution in [2.75, 3.05) is 6.61 Å². The molecule has 0 fully saturated rings. The third-order valence-corrected chi connectivity index (χ3v) is 4.84. The first-order valence-electron chi connectivity index (χ1n) is 8.03. The molecule has 2 heterocycles. The summed E-state index contributed by atoms with van der Waals surface area (Å²) in [7, 11) is 0. The Kier molecular flexibility index (Phi) is 5.09. The maximum absolute atomic E-state index is 9.74. The van der Waals surface area contributed by atoms with Crippen LogP contribution in [0.2, 0.25) is 10.0 Å². The number of aliphatic hydroxyl groups is 1. The summed E-state index contributed by atoms with van der Waals surface area (Å²) in [5.41, 5.74) is 4.46. The molecule has 0 amide bonds. The molecule has 3 aromatic rings. The summed E-state index contributed by atoms with van der Waals surface area (Å²) >= 11 is 12.4. The number of rotatable bonds is 5. The minimum Gasteiger partial charge on any atom is -0.396 e. The van der Waals surface area contributed by atoms with Gasteiger partial charge in [-0.2, -0.15) is 5.10 Å². The van der Waals surface area contributed by atoms with Gasteiger partial charge in [-0.1, -0.05) is 37.0 Å². The molecule has 1 unspecified atom stereocenters. The summed E-state index contributed by atoms with van der Waals surface area (Å²) < 4.78 is 1.82. The number of benzene rings is 1. The number of hydrogen-bond donors (Lipinski definition) is 1. The van der Waals surface area contributed by atoms with Gasteiger partial charge in [0.15, 0.2) is 5.65 Å². The second-order valence-corrected chi connectivity index (χ2v) is 6.53. The lowest BCUT2D eigenvalue weighted by Crippen LogP contribution is -2.05. The number of fused-ring (bicyclic) bond motifs is 1. The van der Waals surface area contributed by atoms with Gasteiger partial charge in [-0.05, 0) is 37.1 Å². The number of aromatic nitrogens is 3. The van der Waals surface area contributed by atoms with Gasteiger partial charge in [-0.25, -0.2) is 9.50 Å². The van der Waals surface area contributed by atoms with Crippen molar-refractivity contribution >= 4 is 28.8 Å². The summed E-state index contributed by atoms with van der Waals surface area (Å²) in [6.45, 7) is 4.20. The molecule has 0 aliphatic carbocycles. The van der Waals surface area contributed by atoms with E-state index in [2.05, 4.69) is 18.8 Å². The Balaban J connectivity index is 2.28. The second-order valence-electron chi connectivity index (χ2n) is 5.69. The van der Waals surface area contributed by atoms with Gasteiger partial charge in [-0.15, -0.1) is 0 Å². The van der Waals surface area contributed by atoms with Crippen molar-refractivity contribution in [3.8, 4) is 11.3 Å². The highest BCUT2D eigenvalue weighted by Crippen LogP contribution is 2.33. The molecule has 0 aliphatic rings. The van der Waals surface area contributed by atoms with E-state index < -0.39 is 0 Å². The van der Waals surface area contributed by atoms with Crippen LogP contribution in [0.5, 0.6) is 0 Å². The van der Waals surface area contributed by atoms with Crippen molar-refractivity contribution in [1.82, 2.24) is 14.6 Å². The van der Waals surface area contributed by atoms with Crippen molar-refractivity contribution in [3.05, 3.63) is 51.8 Å². The zero-order valence-electron chi connectivity index (χ0n) is 13.6. The van der Waals surface area contributed by atoms with Gasteiger partial charge in [0.05, 0.1) is 23.0 Å². The number of nitrogens with zero attached hydrogens (tertiary/aromatic N) is 3. The summed E-state index contributed by atoms with van der Waals surface area (Å²) in [5.74, 6) is 0.0286. The highest BCUT2D eigenvalue weighted by atomic mass is 35.5. The average Bonchev–Trinajstić information content (AvgIpc) is 2.95. The zero-order valence-corrected chi connectivity index (χ0v) is 15.1. The van der Waals surface area contributed by atoms with Gasteiger partial charge in [0.1, 0.15) is 0 Å². The molecule has 0 spiro atoms. The van der Waals surface area contributed by atoms with Crippen LogP contribution in [0.25, 0.3) is 16.9 Å². The fourth-order valence-corrected chi connectivity index (χ4v) is 3.52. The van der Waals surface area contributed by atoms with E-state index in [1.165, 1.54) is 0 Å². The van der Waals surface area contributed by atoms with E-state index >= 15 is 0 Å². The van der Waals surface area contributed by atoms with Crippen molar-refractivity contribution in [2.24, 2.45) is 0 Å². The molecule has 3 rings (SSSR count). The van der Waals surface area contributed by atoms with Gasteiger partial charge in [0, 0.05) is 28.3 Å². The van der Waals surface area contributed by atoms with Gasteiger partial charge >= 0.3 is 0 Å². The molecule has 0 radical (unpaired) electrons. The van der Waals surface area contributed by atoms with E-state index in [1.807, 2.05) is 22.7 Å². The minimum atomic E-state index is 0.0286. The third-order valence-electron chi connectivity index (χ3n) is 4.29. The molecule has 4 nitrogen and oxygen atoms in total. The van der Waals surface area contributed by atoms with Crippen molar-refractivity contribution in [2.45, 2.75) is 32.6 Å². The monoisotopic (exact) mass is 363 g/mol. The summed E-state index contributed by atoms with van der Waals surface area (Å²) in [6.07, 6.45) is 3.37. The maximum atomic E-state index is 9.74. The minimum absolute atomic E-state index is 0.0286. The first kappa shape index (κ1) is 17.2. The van der Waals surface area contributed by atoms with Gasteiger partial charge < -0.3 is 5.11 Å². The number of hydrogen-bond acceptors (Lipinski definition) is 3. The molecule has 0 bridgehead atoms. The summed E-state index contributed by atoms with van der Waals surface area (Å²) in [4.78, 5) is 4.52. The van der Waals surface area contributed by atoms with Gasteiger partial charge in [-0.3, -0.25) is 0 Å². The zero-order chi connectivity index (χ0) is 17.3. The smallest absolute Gasteiger partial charge is 0.159 e. The fraction of sp³-hybridized carbons (Fsp3) is 0.333. The van der Waals surface area contributed by atoms with Crippen molar-refractivity contribution in [3.63, 3.8) is 0 Å². The molecule has 0 saturated carbocycles. The molecule has 0 aliphatic heterocycles. The van der Waals surface area contributed by atoms with E-state index in [9.17, 15) is 5.11 Å². The van der Waals surface area contributed by atoms with Crippen LogP contribution in [0.1, 0.15) is 37.4 Å². The largest absolute Gasteiger partial charge is 0.396 e. The Morgan fingerprint density at radius 2 is 2.00 bits per heavy atom. The van der Waals surface area contributed by atoms with Crippen LogP contribution < -0.4 is 0 Å². The molecular formula is C18H19Cl2N3O. The second kappa shape index (κ2) is 7.09. The first-order chi connectivity index (χ1) is 11.6. The van der Waals surface area contributed by atoms with Crippen molar-refractivity contribution < 1.29 is 5.11 Å². The topological polar surface area (TPSA) is 50.4 Å². The fourth-order valence-electron chi connectivity index (χ4n) is 3.01. The lowest BCUT2D eigenvalue weighted by molar-refractivity contribution is 0.262. The van der Waals surface area contributed by atoms with Crippen molar-refractivity contribution in [1.29, 1.82) is 0 Å². The van der Waals surface area contributed by atoms with Crippen LogP contribution in [0.4, 0.5) is 0 Å². The molecular weight excluding hydrogens is 345 g/mol. The predicted molar refractivity (Wildman–Crippen MR) is 97.9 cm³/mol. The van der Waals surface area contributed by atoms with E-state index in [-0.39, 0.29) is 12.5 Å². The lowest BCUT2D eigenvalue weighted by atomic mass is 9.96. The Bertz CT molecular complexity index is 872. The molecule has 126 valence electrons. The van der Waals surface area contributed by atoms with Gasteiger partial charge in [0.25, 0.3) is 0 Å². The van der Waals surface area contributed by atoms with Gasteiger partial charge in [0.2, 0.25) is 0 Å². The molecule has 1 aromatic carbocycles. The SMILES string of the molecule is CCc1nn2c(-c3ccc(Cl)cc3Cl)ccnc2c1C(CC)CO.